The molecule has 0 saturated carbocycles. The molecule has 3 rings (SSSR count). The molecule has 0 spiro atoms. The molecule has 2 N–H and O–H groups in total. The van der Waals surface area contributed by atoms with E-state index in [0.717, 1.165) is 22.5 Å². The van der Waals surface area contributed by atoms with Crippen molar-refractivity contribution in [1.29, 1.82) is 0 Å². The predicted molar refractivity (Wildman–Crippen MR) is 103 cm³/mol. The van der Waals surface area contributed by atoms with Crippen LogP contribution in [0.4, 0.5) is 18.9 Å². The van der Waals surface area contributed by atoms with Crippen LogP contribution in [0, 0.1) is 11.6 Å². The standard InChI is InChI=1S/C17H13Cl2F3N2O4S.H2/c18-10-2-1-8(17(26)23-9-4-11(19)16(22)12(20)5-9)3-15(10)29(27,28)24-6-13(21)14(25)7-24;/h1-5,13-14,25H,6-7H2,(H,23,26);1H. The fourth-order valence-corrected chi connectivity index (χ4v) is 4.90. The Labute approximate surface area is 175 Å². The van der Waals surface area contributed by atoms with Crippen LogP contribution in [-0.2, 0) is 10.0 Å². The van der Waals surface area contributed by atoms with Crippen molar-refractivity contribution in [1.82, 2.24) is 4.31 Å². The average Bonchev–Trinajstić information content (AvgIpc) is 2.99. The van der Waals surface area contributed by atoms with Gasteiger partial charge in [0.25, 0.3) is 5.91 Å². The zero-order chi connectivity index (χ0) is 21.5. The maximum absolute atomic E-state index is 13.5. The topological polar surface area (TPSA) is 86.7 Å². The van der Waals surface area contributed by atoms with Crippen molar-refractivity contribution in [3.63, 3.8) is 0 Å². The fraction of sp³-hybridized carbons (Fsp3) is 0.235. The van der Waals surface area contributed by atoms with Gasteiger partial charge < -0.3 is 10.4 Å². The molecule has 0 aromatic heterocycles. The highest BCUT2D eigenvalue weighted by Crippen LogP contribution is 2.30. The molecule has 1 saturated heterocycles. The number of hydrogen-bond donors (Lipinski definition) is 2. The second-order valence-electron chi connectivity index (χ2n) is 6.26. The van der Waals surface area contributed by atoms with E-state index in [2.05, 4.69) is 5.32 Å². The molecule has 2 aromatic rings. The Bertz CT molecular complexity index is 1060. The van der Waals surface area contributed by atoms with E-state index in [9.17, 15) is 31.5 Å². The normalized spacial score (nSPS) is 20.1. The van der Waals surface area contributed by atoms with Crippen LogP contribution >= 0.6 is 23.2 Å². The number of aliphatic hydroxyl groups is 1. The van der Waals surface area contributed by atoms with E-state index < -0.39 is 62.8 Å². The Hall–Kier alpha value is -1.85. The lowest BCUT2D eigenvalue weighted by molar-refractivity contribution is 0.102. The highest BCUT2D eigenvalue weighted by atomic mass is 35.5. The van der Waals surface area contributed by atoms with Gasteiger partial charge in [-0.15, -0.1) is 0 Å². The zero-order valence-electron chi connectivity index (χ0n) is 14.4. The molecular weight excluding hydrogens is 456 g/mol. The SMILES string of the molecule is O=C(Nc1cc(F)c(F)c(Cl)c1)c1ccc(Cl)c(S(=O)(=O)N2CC(O)C(F)C2)c1.[HH]. The second-order valence-corrected chi connectivity index (χ2v) is 8.98. The summed E-state index contributed by atoms with van der Waals surface area (Å²) in [6.45, 7) is -1.01. The van der Waals surface area contributed by atoms with Crippen LogP contribution in [0.2, 0.25) is 10.0 Å². The van der Waals surface area contributed by atoms with Gasteiger partial charge in [-0.25, -0.2) is 21.6 Å². The summed E-state index contributed by atoms with van der Waals surface area (Å²) in [6, 6.07) is 5.03. The number of carbonyl (C=O) groups excluding carboxylic acids is 1. The molecule has 158 valence electrons. The van der Waals surface area contributed by atoms with Gasteiger partial charge in [0.2, 0.25) is 10.0 Å². The summed E-state index contributed by atoms with van der Waals surface area (Å²) < 4.78 is 66.4. The summed E-state index contributed by atoms with van der Waals surface area (Å²) in [5.74, 6) is -3.39. The Kier molecular flexibility index (Phi) is 6.11. The van der Waals surface area contributed by atoms with E-state index in [-0.39, 0.29) is 17.7 Å². The highest BCUT2D eigenvalue weighted by molar-refractivity contribution is 7.89. The van der Waals surface area contributed by atoms with Crippen molar-refractivity contribution in [2.45, 2.75) is 17.2 Å². The number of amides is 1. The Morgan fingerprint density at radius 3 is 2.45 bits per heavy atom. The van der Waals surface area contributed by atoms with Gasteiger partial charge >= 0.3 is 0 Å². The van der Waals surface area contributed by atoms with Crippen molar-refractivity contribution in [2.24, 2.45) is 0 Å². The van der Waals surface area contributed by atoms with E-state index in [4.69, 9.17) is 23.2 Å². The first-order valence-corrected chi connectivity index (χ1v) is 10.3. The largest absolute Gasteiger partial charge is 0.389 e. The summed E-state index contributed by atoms with van der Waals surface area (Å²) >= 11 is 11.5. The third-order valence-electron chi connectivity index (χ3n) is 4.24. The summed E-state index contributed by atoms with van der Waals surface area (Å²) in [7, 11) is -4.29. The molecule has 29 heavy (non-hydrogen) atoms. The van der Waals surface area contributed by atoms with Gasteiger partial charge in [0.05, 0.1) is 10.0 Å². The number of aliphatic hydroxyl groups excluding tert-OH is 1. The van der Waals surface area contributed by atoms with Crippen LogP contribution in [0.15, 0.2) is 35.2 Å². The Balaban J connectivity index is 0.00000320. The lowest BCUT2D eigenvalue weighted by Crippen LogP contribution is -2.30. The van der Waals surface area contributed by atoms with Crippen molar-refractivity contribution in [3.8, 4) is 0 Å². The van der Waals surface area contributed by atoms with Gasteiger partial charge in [0, 0.05) is 31.8 Å². The first-order valence-electron chi connectivity index (χ1n) is 8.08. The highest BCUT2D eigenvalue weighted by Gasteiger charge is 2.39. The first-order chi connectivity index (χ1) is 13.5. The van der Waals surface area contributed by atoms with Crippen LogP contribution in [0.25, 0.3) is 0 Å². The third-order valence-corrected chi connectivity index (χ3v) is 6.83. The number of hydrogen-bond acceptors (Lipinski definition) is 4. The number of alkyl halides is 1. The minimum absolute atomic E-state index is 0. The maximum Gasteiger partial charge on any atom is 0.255 e. The average molecular weight is 471 g/mol. The van der Waals surface area contributed by atoms with E-state index >= 15 is 0 Å². The number of rotatable bonds is 4. The van der Waals surface area contributed by atoms with E-state index in [1.807, 2.05) is 0 Å². The van der Waals surface area contributed by atoms with Crippen molar-refractivity contribution in [2.75, 3.05) is 18.4 Å². The number of sulfonamides is 1. The first kappa shape index (κ1) is 21.8. The summed E-state index contributed by atoms with van der Waals surface area (Å²) in [5, 5.41) is 11.0. The lowest BCUT2D eigenvalue weighted by Gasteiger charge is -2.17. The molecule has 6 nitrogen and oxygen atoms in total. The van der Waals surface area contributed by atoms with Gasteiger partial charge in [-0.05, 0) is 24.3 Å². The van der Waals surface area contributed by atoms with Crippen molar-refractivity contribution < 1.29 is 32.9 Å². The molecular formula is C17H15Cl2F3N2O4S. The number of carbonyl (C=O) groups is 1. The number of halogens is 5. The minimum atomic E-state index is -4.29. The molecule has 0 bridgehead atoms. The van der Waals surface area contributed by atoms with Crippen LogP contribution in [0.3, 0.4) is 0 Å². The van der Waals surface area contributed by atoms with Crippen LogP contribution in [-0.4, -0.2) is 49.1 Å². The molecule has 0 radical (unpaired) electrons. The fourth-order valence-electron chi connectivity index (χ4n) is 2.72. The molecule has 12 heteroatoms. The molecule has 1 aliphatic heterocycles. The second kappa shape index (κ2) is 8.11. The lowest BCUT2D eigenvalue weighted by atomic mass is 10.2. The van der Waals surface area contributed by atoms with Gasteiger partial charge in [-0.1, -0.05) is 23.2 Å². The van der Waals surface area contributed by atoms with Crippen molar-refractivity contribution >= 4 is 44.8 Å². The number of nitrogens with zero attached hydrogens (tertiary/aromatic N) is 1. The van der Waals surface area contributed by atoms with Gasteiger partial charge in [-0.2, -0.15) is 4.31 Å². The maximum atomic E-state index is 13.5. The van der Waals surface area contributed by atoms with Crippen LogP contribution in [0.1, 0.15) is 11.8 Å². The van der Waals surface area contributed by atoms with E-state index in [1.54, 1.807) is 0 Å². The quantitative estimate of drug-likeness (QED) is 0.669. The smallest absolute Gasteiger partial charge is 0.255 e. The molecule has 2 unspecified atom stereocenters. The van der Waals surface area contributed by atoms with Crippen LogP contribution < -0.4 is 5.32 Å². The number of anilines is 1. The number of nitrogens with one attached hydrogen (secondary N) is 1. The molecule has 2 aromatic carbocycles. The predicted octanol–water partition coefficient (Wildman–Crippen LogP) is 3.47. The zero-order valence-corrected chi connectivity index (χ0v) is 16.7. The molecule has 1 heterocycles. The monoisotopic (exact) mass is 470 g/mol. The Morgan fingerprint density at radius 2 is 1.86 bits per heavy atom. The van der Waals surface area contributed by atoms with Crippen LogP contribution in [0.5, 0.6) is 0 Å². The van der Waals surface area contributed by atoms with Gasteiger partial charge in [-0.3, -0.25) is 4.79 Å². The summed E-state index contributed by atoms with van der Waals surface area (Å²) in [5.41, 5.74) is -0.313. The Morgan fingerprint density at radius 1 is 1.17 bits per heavy atom. The van der Waals surface area contributed by atoms with E-state index in [1.165, 1.54) is 6.07 Å². The molecule has 1 fully saturated rings. The minimum Gasteiger partial charge on any atom is -0.389 e. The van der Waals surface area contributed by atoms with E-state index in [0.29, 0.717) is 6.07 Å². The molecule has 0 aliphatic carbocycles. The van der Waals surface area contributed by atoms with Gasteiger partial charge in [0.15, 0.2) is 11.6 Å². The summed E-state index contributed by atoms with van der Waals surface area (Å²) in [6.07, 6.45) is -3.21. The number of benzene rings is 2. The molecule has 1 amide bonds. The third kappa shape index (κ3) is 4.36. The van der Waals surface area contributed by atoms with Gasteiger partial charge in [0.1, 0.15) is 17.2 Å². The molecule has 2 atom stereocenters. The van der Waals surface area contributed by atoms with Crippen molar-refractivity contribution in [3.05, 3.63) is 57.6 Å². The molecule has 1 aliphatic rings. The summed E-state index contributed by atoms with van der Waals surface area (Å²) in [4.78, 5) is 12.0. The number of β-amino-alcohol motifs (C(OH)–C–C–N with tert-alkyl or cyclic N) is 1.